The molecule has 0 saturated carbocycles. The molecule has 2 aromatic carbocycles. The fraction of sp³-hybridized carbons (Fsp3) is 0.238. The van der Waals surface area contributed by atoms with Gasteiger partial charge in [-0.1, -0.05) is 12.6 Å². The van der Waals surface area contributed by atoms with Gasteiger partial charge in [-0.2, -0.15) is 0 Å². The van der Waals surface area contributed by atoms with Gasteiger partial charge >= 0.3 is 0 Å². The van der Waals surface area contributed by atoms with E-state index < -0.39 is 11.6 Å². The average molecular weight is 368 g/mol. The van der Waals surface area contributed by atoms with Crippen LogP contribution in [-0.2, 0) is 4.79 Å². The molecule has 27 heavy (non-hydrogen) atoms. The number of amides is 2. The van der Waals surface area contributed by atoms with Crippen LogP contribution in [0.3, 0.4) is 0 Å². The van der Waals surface area contributed by atoms with E-state index >= 15 is 0 Å². The summed E-state index contributed by atoms with van der Waals surface area (Å²) >= 11 is 0. The number of fused-ring (bicyclic) bond motifs is 1. The lowest BCUT2D eigenvalue weighted by Crippen LogP contribution is -2.41. The summed E-state index contributed by atoms with van der Waals surface area (Å²) in [5, 5.41) is 5.57. The maximum absolute atomic E-state index is 13.7. The first-order valence-electron chi connectivity index (χ1n) is 8.60. The van der Waals surface area contributed by atoms with Gasteiger partial charge in [0.1, 0.15) is 17.2 Å². The predicted octanol–water partition coefficient (Wildman–Crippen LogP) is 3.98. The van der Waals surface area contributed by atoms with Crippen molar-refractivity contribution in [1.82, 2.24) is 5.32 Å². The van der Waals surface area contributed by atoms with E-state index in [1.165, 1.54) is 12.1 Å². The number of carbonyl (C=O) groups is 2. The van der Waals surface area contributed by atoms with E-state index in [9.17, 15) is 14.0 Å². The Balaban J connectivity index is 1.84. The molecule has 5 nitrogen and oxygen atoms in total. The van der Waals surface area contributed by atoms with E-state index in [-0.39, 0.29) is 17.6 Å². The van der Waals surface area contributed by atoms with Gasteiger partial charge in [-0.3, -0.25) is 9.59 Å². The highest BCUT2D eigenvalue weighted by molar-refractivity contribution is 6.00. The lowest BCUT2D eigenvalue weighted by atomic mass is 9.89. The van der Waals surface area contributed by atoms with Crippen molar-refractivity contribution in [2.45, 2.75) is 31.9 Å². The van der Waals surface area contributed by atoms with E-state index in [1.54, 1.807) is 30.3 Å². The van der Waals surface area contributed by atoms with Crippen molar-refractivity contribution in [1.29, 1.82) is 0 Å². The van der Waals surface area contributed by atoms with Crippen LogP contribution < -0.4 is 15.4 Å². The van der Waals surface area contributed by atoms with E-state index in [0.29, 0.717) is 29.0 Å². The second kappa shape index (κ2) is 7.23. The van der Waals surface area contributed by atoms with E-state index in [4.69, 9.17) is 4.74 Å². The summed E-state index contributed by atoms with van der Waals surface area (Å²) in [6.45, 7) is 7.24. The third-order valence-electron chi connectivity index (χ3n) is 4.31. The summed E-state index contributed by atoms with van der Waals surface area (Å²) in [7, 11) is 0. The second-order valence-corrected chi connectivity index (χ2v) is 7.05. The Hall–Kier alpha value is -3.15. The number of halogens is 1. The normalized spacial score (nSPS) is 17.2. The zero-order valence-electron chi connectivity index (χ0n) is 15.2. The molecule has 1 heterocycles. The number of hydrogen-bond acceptors (Lipinski definition) is 3. The van der Waals surface area contributed by atoms with Gasteiger partial charge in [0.05, 0.1) is 6.04 Å². The van der Waals surface area contributed by atoms with Crippen molar-refractivity contribution in [3.8, 4) is 5.75 Å². The van der Waals surface area contributed by atoms with Crippen molar-refractivity contribution in [3.05, 3.63) is 72.1 Å². The molecule has 0 saturated heterocycles. The number of anilines is 1. The molecule has 1 atom stereocenters. The Morgan fingerprint density at radius 3 is 2.78 bits per heavy atom. The Morgan fingerprint density at radius 1 is 1.26 bits per heavy atom. The number of benzene rings is 2. The average Bonchev–Trinajstić information content (AvgIpc) is 2.61. The van der Waals surface area contributed by atoms with Crippen molar-refractivity contribution < 1.29 is 18.7 Å². The van der Waals surface area contributed by atoms with Gasteiger partial charge < -0.3 is 15.4 Å². The first kappa shape index (κ1) is 18.6. The molecule has 140 valence electrons. The monoisotopic (exact) mass is 368 g/mol. The summed E-state index contributed by atoms with van der Waals surface area (Å²) in [5.41, 5.74) is 0.993. The fourth-order valence-corrected chi connectivity index (χ4v) is 3.13. The van der Waals surface area contributed by atoms with Crippen LogP contribution in [0.5, 0.6) is 5.75 Å². The standard InChI is InChI=1S/C21H21FN2O3/c1-4-19(25)23-15-7-5-6-13(10-15)20(26)24-17-12-21(2,3)27-18-9-8-14(22)11-16(17)18/h4-11,17H,1,12H2,2-3H3,(H,23,25)(H,24,26)/t17-/m0/s1. The van der Waals surface area contributed by atoms with Crippen LogP contribution in [0.4, 0.5) is 10.1 Å². The number of carbonyl (C=O) groups excluding carboxylic acids is 2. The van der Waals surface area contributed by atoms with E-state index in [0.717, 1.165) is 6.08 Å². The first-order chi connectivity index (χ1) is 12.8. The lowest BCUT2D eigenvalue weighted by molar-refractivity contribution is -0.111. The van der Waals surface area contributed by atoms with Gasteiger partial charge in [-0.15, -0.1) is 0 Å². The van der Waals surface area contributed by atoms with Crippen LogP contribution in [0.15, 0.2) is 55.1 Å². The molecule has 0 unspecified atom stereocenters. The van der Waals surface area contributed by atoms with Crippen LogP contribution in [-0.4, -0.2) is 17.4 Å². The zero-order chi connectivity index (χ0) is 19.6. The molecule has 0 spiro atoms. The van der Waals surface area contributed by atoms with E-state index in [2.05, 4.69) is 17.2 Å². The summed E-state index contributed by atoms with van der Waals surface area (Å²) < 4.78 is 19.6. The maximum atomic E-state index is 13.7. The van der Waals surface area contributed by atoms with Crippen LogP contribution in [0.2, 0.25) is 0 Å². The minimum absolute atomic E-state index is 0.317. The molecule has 1 aliphatic rings. The molecule has 2 aromatic rings. The van der Waals surface area contributed by atoms with Crippen molar-refractivity contribution in [2.24, 2.45) is 0 Å². The minimum Gasteiger partial charge on any atom is -0.487 e. The molecule has 2 amide bonds. The fourth-order valence-electron chi connectivity index (χ4n) is 3.13. The first-order valence-corrected chi connectivity index (χ1v) is 8.60. The molecule has 0 aromatic heterocycles. The lowest BCUT2D eigenvalue weighted by Gasteiger charge is -2.38. The molecule has 3 rings (SSSR count). The highest BCUT2D eigenvalue weighted by Gasteiger charge is 2.35. The van der Waals surface area contributed by atoms with Gasteiger partial charge in [0.25, 0.3) is 5.91 Å². The van der Waals surface area contributed by atoms with Crippen molar-refractivity contribution in [2.75, 3.05) is 5.32 Å². The number of hydrogen-bond donors (Lipinski definition) is 2. The predicted molar refractivity (Wildman–Crippen MR) is 101 cm³/mol. The van der Waals surface area contributed by atoms with Gasteiger partial charge in [-0.25, -0.2) is 4.39 Å². The van der Waals surface area contributed by atoms with Crippen LogP contribution in [0.1, 0.15) is 42.2 Å². The van der Waals surface area contributed by atoms with Gasteiger partial charge in [-0.05, 0) is 56.3 Å². The SMILES string of the molecule is C=CC(=O)Nc1cccc(C(=O)N[C@H]2CC(C)(C)Oc3ccc(F)cc32)c1. The Labute approximate surface area is 157 Å². The Bertz CT molecular complexity index is 908. The van der Waals surface area contributed by atoms with Gasteiger partial charge in [0.15, 0.2) is 0 Å². The molecule has 0 bridgehead atoms. The third kappa shape index (κ3) is 4.34. The van der Waals surface area contributed by atoms with Crippen molar-refractivity contribution >= 4 is 17.5 Å². The summed E-state index contributed by atoms with van der Waals surface area (Å²) in [4.78, 5) is 24.2. The highest BCUT2D eigenvalue weighted by Crippen LogP contribution is 2.39. The number of rotatable bonds is 4. The summed E-state index contributed by atoms with van der Waals surface area (Å²) in [6, 6.07) is 10.5. The maximum Gasteiger partial charge on any atom is 0.251 e. The highest BCUT2D eigenvalue weighted by atomic mass is 19.1. The van der Waals surface area contributed by atoms with Gasteiger partial charge in [0, 0.05) is 23.2 Å². The topological polar surface area (TPSA) is 67.4 Å². The van der Waals surface area contributed by atoms with Crippen molar-refractivity contribution in [3.63, 3.8) is 0 Å². The zero-order valence-corrected chi connectivity index (χ0v) is 15.2. The van der Waals surface area contributed by atoms with E-state index in [1.807, 2.05) is 13.8 Å². The molecule has 0 aliphatic carbocycles. The molecule has 2 N–H and O–H groups in total. The van der Waals surface area contributed by atoms with Crippen LogP contribution in [0, 0.1) is 5.82 Å². The molecule has 0 radical (unpaired) electrons. The summed E-state index contributed by atoms with van der Waals surface area (Å²) in [6.07, 6.45) is 1.66. The van der Waals surface area contributed by atoms with Crippen LogP contribution >= 0.6 is 0 Å². The minimum atomic E-state index is -0.497. The quantitative estimate of drug-likeness (QED) is 0.802. The summed E-state index contributed by atoms with van der Waals surface area (Å²) in [5.74, 6) is -0.499. The van der Waals surface area contributed by atoms with Crippen LogP contribution in [0.25, 0.3) is 0 Å². The Kier molecular flexibility index (Phi) is 4.99. The molecule has 0 fully saturated rings. The smallest absolute Gasteiger partial charge is 0.251 e. The molecular formula is C21H21FN2O3. The number of nitrogens with one attached hydrogen (secondary N) is 2. The van der Waals surface area contributed by atoms with Gasteiger partial charge in [0.2, 0.25) is 5.91 Å². The third-order valence-corrected chi connectivity index (χ3v) is 4.31. The Morgan fingerprint density at radius 2 is 2.04 bits per heavy atom. The molecule has 1 aliphatic heterocycles. The molecule has 6 heteroatoms. The second-order valence-electron chi connectivity index (χ2n) is 7.05. The number of ether oxygens (including phenoxy) is 1. The largest absolute Gasteiger partial charge is 0.487 e. The molecular weight excluding hydrogens is 347 g/mol.